The van der Waals surface area contributed by atoms with E-state index in [1.807, 2.05) is 30.3 Å². The minimum absolute atomic E-state index is 0.0207. The van der Waals surface area contributed by atoms with E-state index >= 15 is 0 Å². The van der Waals surface area contributed by atoms with Gasteiger partial charge in [0.05, 0.1) is 32.7 Å². The van der Waals surface area contributed by atoms with Gasteiger partial charge >= 0.3 is 12.0 Å². The third-order valence-corrected chi connectivity index (χ3v) is 6.47. The number of rotatable bonds is 9. The number of urea groups is 1. The van der Waals surface area contributed by atoms with Crippen molar-refractivity contribution in [2.24, 2.45) is 0 Å². The molecule has 4 rings (SSSR count). The standard InChI is InChI=1S/C26H30FN5O6/c1-29-16-23(33)31-21(13-24(34)35)25(36)30(10-11-38-17-19-8-5-9-20(27)12-19)15-22(31)32(29)26(37)28-14-18-6-3-2-4-7-18/h2-9,12,21-22H,10-11,13-17H2,1H3,(H,28,37)(H,34,35)/t21-,22-/m0/s1. The normalized spacial score (nSPS) is 19.9. The van der Waals surface area contributed by atoms with Crippen molar-refractivity contribution in [1.82, 2.24) is 25.1 Å². The molecule has 4 amide bonds. The van der Waals surface area contributed by atoms with E-state index in [9.17, 15) is 28.7 Å². The van der Waals surface area contributed by atoms with Gasteiger partial charge in [-0.2, -0.15) is 0 Å². The highest BCUT2D eigenvalue weighted by Crippen LogP contribution is 2.27. The molecular weight excluding hydrogens is 497 g/mol. The summed E-state index contributed by atoms with van der Waals surface area (Å²) >= 11 is 0. The first-order valence-electron chi connectivity index (χ1n) is 12.2. The number of piperazine rings is 1. The lowest BCUT2D eigenvalue weighted by Gasteiger charge is -2.54. The first-order chi connectivity index (χ1) is 18.2. The van der Waals surface area contributed by atoms with Gasteiger partial charge in [-0.05, 0) is 23.3 Å². The predicted molar refractivity (Wildman–Crippen MR) is 132 cm³/mol. The van der Waals surface area contributed by atoms with Gasteiger partial charge in [0, 0.05) is 20.1 Å². The van der Waals surface area contributed by atoms with Crippen LogP contribution in [0, 0.1) is 5.82 Å². The van der Waals surface area contributed by atoms with Gasteiger partial charge in [0.1, 0.15) is 18.0 Å². The summed E-state index contributed by atoms with van der Waals surface area (Å²) in [7, 11) is 1.59. The summed E-state index contributed by atoms with van der Waals surface area (Å²) in [5, 5.41) is 15.1. The van der Waals surface area contributed by atoms with E-state index in [1.54, 1.807) is 19.2 Å². The van der Waals surface area contributed by atoms with E-state index in [4.69, 9.17) is 4.74 Å². The Morgan fingerprint density at radius 3 is 2.55 bits per heavy atom. The Labute approximate surface area is 219 Å². The van der Waals surface area contributed by atoms with E-state index in [0.717, 1.165) is 5.56 Å². The van der Waals surface area contributed by atoms with E-state index in [0.29, 0.717) is 5.56 Å². The van der Waals surface area contributed by atoms with Crippen molar-refractivity contribution in [3.63, 3.8) is 0 Å². The van der Waals surface area contributed by atoms with Crippen LogP contribution in [0.2, 0.25) is 0 Å². The van der Waals surface area contributed by atoms with E-state index in [1.165, 1.54) is 32.0 Å². The maximum absolute atomic E-state index is 13.4. The number of likely N-dealkylation sites (N-methyl/N-ethyl adjacent to an activating group) is 1. The van der Waals surface area contributed by atoms with Crippen LogP contribution in [0.25, 0.3) is 0 Å². The molecule has 2 N–H and O–H groups in total. The van der Waals surface area contributed by atoms with Crippen LogP contribution in [0.3, 0.4) is 0 Å². The van der Waals surface area contributed by atoms with Crippen LogP contribution in [-0.4, -0.2) is 94.2 Å². The second kappa shape index (κ2) is 12.0. The monoisotopic (exact) mass is 527 g/mol. The fourth-order valence-electron chi connectivity index (χ4n) is 4.72. The van der Waals surface area contributed by atoms with Crippen molar-refractivity contribution in [3.05, 3.63) is 71.5 Å². The number of carboxylic acids is 1. The van der Waals surface area contributed by atoms with Crippen LogP contribution >= 0.6 is 0 Å². The minimum atomic E-state index is -1.26. The molecule has 202 valence electrons. The summed E-state index contributed by atoms with van der Waals surface area (Å²) in [5.74, 6) is -2.59. The number of hydrazine groups is 1. The first kappa shape index (κ1) is 27.0. The molecule has 0 radical (unpaired) electrons. The number of carbonyl (C=O) groups excluding carboxylic acids is 3. The summed E-state index contributed by atoms with van der Waals surface area (Å²) in [6.07, 6.45) is -1.49. The number of nitrogens with zero attached hydrogens (tertiary/aromatic N) is 4. The Bertz CT molecular complexity index is 1180. The number of carbonyl (C=O) groups is 4. The number of ether oxygens (including phenoxy) is 1. The van der Waals surface area contributed by atoms with Gasteiger partial charge in [-0.3, -0.25) is 14.4 Å². The van der Waals surface area contributed by atoms with Gasteiger partial charge in [-0.25, -0.2) is 19.2 Å². The summed E-state index contributed by atoms with van der Waals surface area (Å²) < 4.78 is 19.0. The fourth-order valence-corrected chi connectivity index (χ4v) is 4.72. The molecule has 11 nitrogen and oxygen atoms in total. The van der Waals surface area contributed by atoms with Crippen molar-refractivity contribution in [1.29, 1.82) is 0 Å². The molecule has 2 aliphatic rings. The Balaban J connectivity index is 1.48. The average molecular weight is 528 g/mol. The molecule has 2 aromatic rings. The molecule has 0 unspecified atom stereocenters. The third-order valence-electron chi connectivity index (χ3n) is 6.47. The minimum Gasteiger partial charge on any atom is -0.481 e. The summed E-state index contributed by atoms with van der Waals surface area (Å²) in [6.45, 7) is 0.371. The molecule has 2 atom stereocenters. The molecule has 2 fully saturated rings. The largest absolute Gasteiger partial charge is 0.481 e. The Hall–Kier alpha value is -4.03. The topological polar surface area (TPSA) is 123 Å². The van der Waals surface area contributed by atoms with E-state index in [-0.39, 0.29) is 45.2 Å². The molecule has 2 aliphatic heterocycles. The van der Waals surface area contributed by atoms with Gasteiger partial charge in [0.2, 0.25) is 11.8 Å². The lowest BCUT2D eigenvalue weighted by Crippen LogP contribution is -2.76. The first-order valence-corrected chi connectivity index (χ1v) is 12.2. The van der Waals surface area contributed by atoms with Crippen molar-refractivity contribution < 1.29 is 33.4 Å². The molecule has 0 spiro atoms. The average Bonchev–Trinajstić information content (AvgIpc) is 2.87. The number of hydrogen-bond donors (Lipinski definition) is 2. The molecule has 0 saturated carbocycles. The predicted octanol–water partition coefficient (Wildman–Crippen LogP) is 1.25. The lowest BCUT2D eigenvalue weighted by atomic mass is 10.0. The Kier molecular flexibility index (Phi) is 8.54. The number of amides is 4. The second-order valence-electron chi connectivity index (χ2n) is 9.17. The molecule has 0 bridgehead atoms. The summed E-state index contributed by atoms with van der Waals surface area (Å²) in [6, 6.07) is 13.5. The summed E-state index contributed by atoms with van der Waals surface area (Å²) in [5.41, 5.74) is 1.51. The number of halogens is 1. The van der Waals surface area contributed by atoms with Gasteiger partial charge in [-0.15, -0.1) is 0 Å². The quantitative estimate of drug-likeness (QED) is 0.471. The van der Waals surface area contributed by atoms with E-state index < -0.39 is 42.4 Å². The van der Waals surface area contributed by atoms with Gasteiger partial charge in [0.25, 0.3) is 0 Å². The van der Waals surface area contributed by atoms with Crippen LogP contribution in [0.1, 0.15) is 17.5 Å². The molecule has 38 heavy (non-hydrogen) atoms. The molecule has 2 aromatic carbocycles. The zero-order valence-electron chi connectivity index (χ0n) is 21.0. The van der Waals surface area contributed by atoms with Crippen LogP contribution < -0.4 is 5.32 Å². The number of carboxylic acid groups (broad SMARTS) is 1. The fraction of sp³-hybridized carbons (Fsp3) is 0.385. The molecule has 0 aromatic heterocycles. The van der Waals surface area contributed by atoms with Crippen molar-refractivity contribution in [2.45, 2.75) is 31.8 Å². The molecular formula is C26H30FN5O6. The van der Waals surface area contributed by atoms with Crippen molar-refractivity contribution in [2.75, 3.05) is 33.3 Å². The second-order valence-corrected chi connectivity index (χ2v) is 9.17. The molecule has 2 saturated heterocycles. The molecule has 2 heterocycles. The van der Waals surface area contributed by atoms with Crippen molar-refractivity contribution in [3.8, 4) is 0 Å². The Morgan fingerprint density at radius 1 is 1.11 bits per heavy atom. The highest BCUT2D eigenvalue weighted by Gasteiger charge is 2.51. The number of fused-ring (bicyclic) bond motifs is 1. The summed E-state index contributed by atoms with van der Waals surface area (Å²) in [4.78, 5) is 53.8. The lowest BCUT2D eigenvalue weighted by molar-refractivity contribution is -0.189. The number of nitrogens with one attached hydrogen (secondary N) is 1. The maximum Gasteiger partial charge on any atom is 0.334 e. The number of hydrogen-bond acceptors (Lipinski definition) is 6. The zero-order chi connectivity index (χ0) is 27.2. The SMILES string of the molecule is CN1CC(=O)N2[C@@H](CC(=O)O)C(=O)N(CCOCc3cccc(F)c3)C[C@@H]2N1C(=O)NCc1ccccc1. The molecule has 12 heteroatoms. The third kappa shape index (κ3) is 6.26. The van der Waals surface area contributed by atoms with Crippen LogP contribution in [0.15, 0.2) is 54.6 Å². The number of aliphatic carboxylic acids is 1. The van der Waals surface area contributed by atoms with Gasteiger partial charge in [0.15, 0.2) is 0 Å². The highest BCUT2D eigenvalue weighted by molar-refractivity contribution is 5.93. The number of benzene rings is 2. The van der Waals surface area contributed by atoms with Crippen LogP contribution in [0.4, 0.5) is 9.18 Å². The zero-order valence-corrected chi connectivity index (χ0v) is 21.0. The van der Waals surface area contributed by atoms with E-state index in [2.05, 4.69) is 5.32 Å². The van der Waals surface area contributed by atoms with Crippen molar-refractivity contribution >= 4 is 23.8 Å². The smallest absolute Gasteiger partial charge is 0.334 e. The van der Waals surface area contributed by atoms with Gasteiger partial charge < -0.3 is 25.0 Å². The maximum atomic E-state index is 13.4. The van der Waals surface area contributed by atoms with Crippen LogP contribution in [0.5, 0.6) is 0 Å². The highest BCUT2D eigenvalue weighted by atomic mass is 19.1. The van der Waals surface area contributed by atoms with Gasteiger partial charge in [-0.1, -0.05) is 42.5 Å². The van der Waals surface area contributed by atoms with Crippen LogP contribution in [-0.2, 0) is 32.3 Å². The molecule has 0 aliphatic carbocycles. The Morgan fingerprint density at radius 2 is 1.84 bits per heavy atom.